The normalized spacial score (nSPS) is 20.6. The second-order valence-corrected chi connectivity index (χ2v) is 6.21. The molecule has 2 aromatic rings. The molecule has 3 heterocycles. The molecule has 3 rings (SSSR count). The number of nitrogens with one attached hydrogen (secondary N) is 1. The first-order chi connectivity index (χ1) is 8.31. The molecule has 4 nitrogen and oxygen atoms in total. The van der Waals surface area contributed by atoms with E-state index in [-0.39, 0.29) is 0 Å². The summed E-state index contributed by atoms with van der Waals surface area (Å²) in [6.45, 7) is 0. The lowest BCUT2D eigenvalue weighted by molar-refractivity contribution is 0.678. The molecule has 0 amide bonds. The minimum Gasteiger partial charge on any atom is -0.349 e. The Hall–Kier alpha value is -0.750. The van der Waals surface area contributed by atoms with Crippen molar-refractivity contribution in [3.8, 4) is 0 Å². The summed E-state index contributed by atoms with van der Waals surface area (Å²) in [5, 5.41) is 7.83. The first kappa shape index (κ1) is 11.3. The Bertz CT molecular complexity index is 521. The Labute approximate surface area is 112 Å². The lowest BCUT2D eigenvalue weighted by Gasteiger charge is -2.21. The fourth-order valence-corrected chi connectivity index (χ4v) is 3.35. The number of thioether (sulfide) groups is 1. The highest BCUT2D eigenvalue weighted by molar-refractivity contribution is 9.10. The standard InChI is InChI=1S/C11H13BrN4S/c12-8-3-4-10-14-11(15-16(10)6-8)13-9-2-1-5-17-7-9/h3-4,6,9H,1-2,5,7H2,(H,13,15). The molecule has 1 aliphatic heterocycles. The third-order valence-electron chi connectivity index (χ3n) is 2.79. The molecular formula is C11H13BrN4S. The molecule has 1 N–H and O–H groups in total. The smallest absolute Gasteiger partial charge is 0.243 e. The van der Waals surface area contributed by atoms with Crippen LogP contribution in [-0.4, -0.2) is 32.1 Å². The maximum absolute atomic E-state index is 4.46. The van der Waals surface area contributed by atoms with Crippen molar-refractivity contribution < 1.29 is 0 Å². The molecule has 1 saturated heterocycles. The highest BCUT2D eigenvalue weighted by Crippen LogP contribution is 2.20. The summed E-state index contributed by atoms with van der Waals surface area (Å²) in [5.41, 5.74) is 0.874. The Morgan fingerprint density at radius 1 is 1.47 bits per heavy atom. The zero-order chi connectivity index (χ0) is 11.7. The van der Waals surface area contributed by atoms with Crippen LogP contribution in [0.25, 0.3) is 5.65 Å². The van der Waals surface area contributed by atoms with E-state index in [0.29, 0.717) is 6.04 Å². The van der Waals surface area contributed by atoms with E-state index in [9.17, 15) is 0 Å². The van der Waals surface area contributed by atoms with Gasteiger partial charge in [-0.05, 0) is 46.7 Å². The Kier molecular flexibility index (Phi) is 3.24. The number of nitrogens with zero attached hydrogens (tertiary/aromatic N) is 3. The van der Waals surface area contributed by atoms with Crippen LogP contribution in [0.1, 0.15) is 12.8 Å². The average molecular weight is 313 g/mol. The highest BCUT2D eigenvalue weighted by Gasteiger charge is 2.15. The average Bonchev–Trinajstić information content (AvgIpc) is 2.71. The summed E-state index contributed by atoms with van der Waals surface area (Å²) in [6.07, 6.45) is 4.41. The van der Waals surface area contributed by atoms with E-state index in [2.05, 4.69) is 31.3 Å². The van der Waals surface area contributed by atoms with E-state index in [4.69, 9.17) is 0 Å². The van der Waals surface area contributed by atoms with Gasteiger partial charge in [-0.3, -0.25) is 0 Å². The summed E-state index contributed by atoms with van der Waals surface area (Å²) < 4.78 is 2.80. The summed E-state index contributed by atoms with van der Waals surface area (Å²) in [4.78, 5) is 4.46. The number of pyridine rings is 1. The van der Waals surface area contributed by atoms with Crippen molar-refractivity contribution in [2.75, 3.05) is 16.8 Å². The number of halogens is 1. The van der Waals surface area contributed by atoms with Crippen LogP contribution in [0.5, 0.6) is 0 Å². The van der Waals surface area contributed by atoms with Crippen LogP contribution in [0.3, 0.4) is 0 Å². The van der Waals surface area contributed by atoms with Gasteiger partial charge in [0.05, 0.1) is 0 Å². The molecule has 0 spiro atoms. The molecule has 90 valence electrons. The maximum atomic E-state index is 4.46. The van der Waals surface area contributed by atoms with Crippen LogP contribution in [0.2, 0.25) is 0 Å². The van der Waals surface area contributed by atoms with E-state index < -0.39 is 0 Å². The van der Waals surface area contributed by atoms with Crippen molar-refractivity contribution in [2.24, 2.45) is 0 Å². The van der Waals surface area contributed by atoms with Crippen molar-refractivity contribution >= 4 is 39.3 Å². The molecule has 1 aliphatic rings. The lowest BCUT2D eigenvalue weighted by Crippen LogP contribution is -2.26. The molecule has 2 aromatic heterocycles. The molecule has 17 heavy (non-hydrogen) atoms. The zero-order valence-corrected chi connectivity index (χ0v) is 11.7. The predicted octanol–water partition coefficient (Wildman–Crippen LogP) is 2.80. The van der Waals surface area contributed by atoms with Crippen LogP contribution < -0.4 is 5.32 Å². The van der Waals surface area contributed by atoms with Crippen LogP contribution >= 0.6 is 27.7 Å². The quantitative estimate of drug-likeness (QED) is 0.926. The van der Waals surface area contributed by atoms with E-state index in [1.807, 2.05) is 30.1 Å². The molecule has 0 saturated carbocycles. The number of anilines is 1. The van der Waals surface area contributed by atoms with Gasteiger partial charge in [-0.15, -0.1) is 5.10 Å². The fourth-order valence-electron chi connectivity index (χ4n) is 1.96. The minimum atomic E-state index is 0.509. The van der Waals surface area contributed by atoms with Gasteiger partial charge >= 0.3 is 0 Å². The third-order valence-corrected chi connectivity index (χ3v) is 4.47. The van der Waals surface area contributed by atoms with Gasteiger partial charge in [-0.1, -0.05) is 0 Å². The molecular weight excluding hydrogens is 300 g/mol. The van der Waals surface area contributed by atoms with E-state index in [0.717, 1.165) is 21.8 Å². The number of rotatable bonds is 2. The Morgan fingerprint density at radius 3 is 3.24 bits per heavy atom. The molecule has 1 atom stereocenters. The van der Waals surface area contributed by atoms with Crippen molar-refractivity contribution in [1.29, 1.82) is 0 Å². The second-order valence-electron chi connectivity index (χ2n) is 4.14. The minimum absolute atomic E-state index is 0.509. The largest absolute Gasteiger partial charge is 0.349 e. The summed E-state index contributed by atoms with van der Waals surface area (Å²) >= 11 is 5.43. The lowest BCUT2D eigenvalue weighted by atomic mass is 10.2. The number of hydrogen-bond donors (Lipinski definition) is 1. The molecule has 0 aliphatic carbocycles. The fraction of sp³-hybridized carbons (Fsp3) is 0.455. The van der Waals surface area contributed by atoms with Crippen LogP contribution in [0.15, 0.2) is 22.8 Å². The van der Waals surface area contributed by atoms with E-state index in [1.54, 1.807) is 4.52 Å². The van der Waals surface area contributed by atoms with Gasteiger partial charge in [0.25, 0.3) is 0 Å². The zero-order valence-electron chi connectivity index (χ0n) is 9.27. The van der Waals surface area contributed by atoms with Crippen LogP contribution in [0.4, 0.5) is 5.95 Å². The number of aromatic nitrogens is 3. The summed E-state index contributed by atoms with van der Waals surface area (Å²) in [5.74, 6) is 3.17. The SMILES string of the molecule is Brc1ccc2nc(NC3CCCSC3)nn2c1. The van der Waals surface area contributed by atoms with Gasteiger partial charge in [0, 0.05) is 22.5 Å². The van der Waals surface area contributed by atoms with Crippen molar-refractivity contribution in [3.05, 3.63) is 22.8 Å². The van der Waals surface area contributed by atoms with Crippen molar-refractivity contribution in [3.63, 3.8) is 0 Å². The van der Waals surface area contributed by atoms with E-state index in [1.165, 1.54) is 18.6 Å². The first-order valence-electron chi connectivity index (χ1n) is 5.67. The monoisotopic (exact) mass is 312 g/mol. The second kappa shape index (κ2) is 4.86. The molecule has 0 radical (unpaired) electrons. The van der Waals surface area contributed by atoms with Gasteiger partial charge in [0.1, 0.15) is 0 Å². The van der Waals surface area contributed by atoms with Gasteiger partial charge in [0.2, 0.25) is 5.95 Å². The van der Waals surface area contributed by atoms with Gasteiger partial charge in [0.15, 0.2) is 5.65 Å². The maximum Gasteiger partial charge on any atom is 0.243 e. The molecule has 0 aromatic carbocycles. The van der Waals surface area contributed by atoms with Crippen molar-refractivity contribution in [2.45, 2.75) is 18.9 Å². The molecule has 0 bridgehead atoms. The van der Waals surface area contributed by atoms with Gasteiger partial charge in [-0.2, -0.15) is 16.7 Å². The first-order valence-corrected chi connectivity index (χ1v) is 7.62. The van der Waals surface area contributed by atoms with Crippen LogP contribution in [-0.2, 0) is 0 Å². The Balaban J connectivity index is 1.80. The third kappa shape index (κ3) is 2.57. The van der Waals surface area contributed by atoms with Crippen molar-refractivity contribution in [1.82, 2.24) is 14.6 Å². The predicted molar refractivity (Wildman–Crippen MR) is 74.7 cm³/mol. The topological polar surface area (TPSA) is 42.2 Å². The summed E-state index contributed by atoms with van der Waals surface area (Å²) in [6, 6.07) is 4.44. The number of fused-ring (bicyclic) bond motifs is 1. The highest BCUT2D eigenvalue weighted by atomic mass is 79.9. The molecule has 6 heteroatoms. The Morgan fingerprint density at radius 2 is 2.41 bits per heavy atom. The van der Waals surface area contributed by atoms with Crippen LogP contribution in [0, 0.1) is 0 Å². The van der Waals surface area contributed by atoms with Gasteiger partial charge in [-0.25, -0.2) is 4.52 Å². The summed E-state index contributed by atoms with van der Waals surface area (Å²) in [7, 11) is 0. The number of hydrogen-bond acceptors (Lipinski definition) is 4. The molecule has 1 fully saturated rings. The molecule has 1 unspecified atom stereocenters. The van der Waals surface area contributed by atoms with Gasteiger partial charge < -0.3 is 5.32 Å². The van der Waals surface area contributed by atoms with E-state index >= 15 is 0 Å².